The molecule has 1 amide bonds. The van der Waals surface area contributed by atoms with Gasteiger partial charge in [0.15, 0.2) is 4.32 Å². The molecule has 10 heteroatoms. The van der Waals surface area contributed by atoms with Crippen LogP contribution in [-0.2, 0) is 4.79 Å². The summed E-state index contributed by atoms with van der Waals surface area (Å²) >= 11 is 6.76. The van der Waals surface area contributed by atoms with Gasteiger partial charge in [-0.3, -0.25) is 14.9 Å². The number of carbonyl (C=O) groups excluding carboxylic acids is 1. The number of hydrazine groups is 1. The van der Waals surface area contributed by atoms with Crippen LogP contribution in [0.4, 0.5) is 5.69 Å². The zero-order valence-electron chi connectivity index (χ0n) is 15.7. The molecule has 2 saturated heterocycles. The van der Waals surface area contributed by atoms with Crippen molar-refractivity contribution in [1.82, 2.24) is 19.5 Å². The van der Waals surface area contributed by atoms with Gasteiger partial charge in [0.2, 0.25) is 0 Å². The molecule has 2 aliphatic heterocycles. The second kappa shape index (κ2) is 8.07. The summed E-state index contributed by atoms with van der Waals surface area (Å²) in [6.45, 7) is 3.29. The van der Waals surface area contributed by atoms with Gasteiger partial charge in [-0.15, -0.1) is 0 Å². The van der Waals surface area contributed by atoms with Crippen molar-refractivity contribution in [2.45, 2.75) is 0 Å². The summed E-state index contributed by atoms with van der Waals surface area (Å²) in [6, 6.07) is 10.1. The topological polar surface area (TPSA) is 74.9 Å². The molecule has 0 saturated carbocycles. The maximum atomic E-state index is 13.0. The van der Waals surface area contributed by atoms with Crippen molar-refractivity contribution in [3.05, 3.63) is 63.3 Å². The summed E-state index contributed by atoms with van der Waals surface area (Å²) in [5.74, 6) is -0.110. The highest BCUT2D eigenvalue weighted by Crippen LogP contribution is 2.34. The molecular formula is C19H19N5O3S2. The Labute approximate surface area is 177 Å². The first-order valence-corrected chi connectivity index (χ1v) is 10.3. The molecule has 0 unspecified atom stereocenters. The summed E-state index contributed by atoms with van der Waals surface area (Å²) in [5.41, 5.74) is 1.62. The minimum absolute atomic E-state index is 0.0375. The average molecular weight is 430 g/mol. The Bertz CT molecular complexity index is 994. The molecule has 0 bridgehead atoms. The van der Waals surface area contributed by atoms with Crippen LogP contribution in [0, 0.1) is 10.1 Å². The highest BCUT2D eigenvalue weighted by atomic mass is 32.2. The lowest BCUT2D eigenvalue weighted by Gasteiger charge is -2.37. The summed E-state index contributed by atoms with van der Waals surface area (Å²) in [7, 11) is 2.06. The van der Waals surface area contributed by atoms with Gasteiger partial charge < -0.3 is 9.47 Å². The van der Waals surface area contributed by atoms with Gasteiger partial charge in [0.1, 0.15) is 0 Å². The molecule has 1 aromatic carbocycles. The Morgan fingerprint density at radius 1 is 1.14 bits per heavy atom. The van der Waals surface area contributed by atoms with Crippen molar-refractivity contribution >= 4 is 46.0 Å². The van der Waals surface area contributed by atoms with Gasteiger partial charge >= 0.3 is 0 Å². The minimum atomic E-state index is -0.427. The highest BCUT2D eigenvalue weighted by molar-refractivity contribution is 8.26. The maximum Gasteiger partial charge on any atom is 0.281 e. The number of amides is 1. The fourth-order valence-corrected chi connectivity index (χ4v) is 4.61. The number of nitrogens with zero attached hydrogens (tertiary/aromatic N) is 5. The molecule has 1 aromatic heterocycles. The number of rotatable bonds is 4. The fraction of sp³-hybridized carbons (Fsp3) is 0.263. The first-order valence-electron chi connectivity index (χ1n) is 9.07. The van der Waals surface area contributed by atoms with E-state index in [1.165, 1.54) is 23.9 Å². The summed E-state index contributed by atoms with van der Waals surface area (Å²) in [4.78, 5) is 26.2. The van der Waals surface area contributed by atoms with E-state index in [4.69, 9.17) is 12.2 Å². The van der Waals surface area contributed by atoms with Crippen molar-refractivity contribution < 1.29 is 9.72 Å². The Morgan fingerprint density at radius 3 is 2.48 bits per heavy atom. The van der Waals surface area contributed by atoms with Crippen LogP contribution in [0.5, 0.6) is 0 Å². The van der Waals surface area contributed by atoms with Crippen LogP contribution in [0.15, 0.2) is 47.5 Å². The molecule has 0 radical (unpaired) electrons. The van der Waals surface area contributed by atoms with Crippen LogP contribution in [0.3, 0.4) is 0 Å². The third-order valence-corrected chi connectivity index (χ3v) is 6.22. The number of benzene rings is 1. The van der Waals surface area contributed by atoms with Crippen LogP contribution in [-0.4, -0.2) is 67.9 Å². The van der Waals surface area contributed by atoms with Gasteiger partial charge in [-0.1, -0.05) is 24.0 Å². The largest absolute Gasteiger partial charge is 0.317 e. The Hall–Kier alpha value is -2.53. The number of thiocarbonyl (C=S) groups is 1. The normalized spacial score (nSPS) is 20.0. The van der Waals surface area contributed by atoms with E-state index < -0.39 is 4.92 Å². The number of non-ortho nitro benzene ring substituents is 1. The van der Waals surface area contributed by atoms with Crippen LogP contribution >= 0.6 is 24.0 Å². The number of nitro groups is 1. The van der Waals surface area contributed by atoms with E-state index in [-0.39, 0.29) is 11.6 Å². The monoisotopic (exact) mass is 429 g/mol. The standard InChI is InChI=1S/C19H19N5O3S2/c1-20-9-11-21(12-10-20)23-18(25)17(29-19(23)28)13-16-3-2-8-22(16)14-4-6-15(7-5-14)24(26)27/h2-8,13H,9-12H2,1H3/b17-13+. The van der Waals surface area contributed by atoms with E-state index in [0.29, 0.717) is 9.23 Å². The third kappa shape index (κ3) is 3.97. The second-order valence-electron chi connectivity index (χ2n) is 6.83. The Morgan fingerprint density at radius 2 is 1.83 bits per heavy atom. The smallest absolute Gasteiger partial charge is 0.281 e. The molecule has 3 heterocycles. The van der Waals surface area contributed by atoms with Crippen molar-refractivity contribution in [2.75, 3.05) is 33.2 Å². The van der Waals surface area contributed by atoms with Crippen molar-refractivity contribution in [1.29, 1.82) is 0 Å². The molecular weight excluding hydrogens is 410 g/mol. The molecule has 0 spiro atoms. The van der Waals surface area contributed by atoms with Gasteiger partial charge in [-0.2, -0.15) is 0 Å². The minimum Gasteiger partial charge on any atom is -0.317 e. The number of likely N-dealkylation sites (N-methyl/N-ethyl adjacent to an activating group) is 1. The first kappa shape index (κ1) is 19.8. The average Bonchev–Trinajstić information content (AvgIpc) is 3.27. The molecule has 2 aliphatic rings. The molecule has 2 fully saturated rings. The zero-order valence-corrected chi connectivity index (χ0v) is 17.4. The number of hydrogen-bond donors (Lipinski definition) is 0. The van der Waals surface area contributed by atoms with E-state index in [1.54, 1.807) is 17.1 Å². The SMILES string of the molecule is CN1CCN(N2C(=O)/C(=C\c3cccn3-c3ccc([N+](=O)[O-])cc3)SC2=S)CC1. The third-order valence-electron chi connectivity index (χ3n) is 4.93. The lowest BCUT2D eigenvalue weighted by atomic mass is 10.2. The highest BCUT2D eigenvalue weighted by Gasteiger charge is 2.37. The molecule has 8 nitrogen and oxygen atoms in total. The van der Waals surface area contributed by atoms with Gasteiger partial charge in [-0.25, -0.2) is 10.0 Å². The molecule has 150 valence electrons. The lowest BCUT2D eigenvalue weighted by Crippen LogP contribution is -2.54. The van der Waals surface area contributed by atoms with E-state index in [2.05, 4.69) is 11.9 Å². The molecule has 4 rings (SSSR count). The zero-order chi connectivity index (χ0) is 20.5. The van der Waals surface area contributed by atoms with E-state index >= 15 is 0 Å². The molecule has 0 atom stereocenters. The Balaban J connectivity index is 1.58. The van der Waals surface area contributed by atoms with Crippen molar-refractivity contribution in [3.63, 3.8) is 0 Å². The molecule has 0 aliphatic carbocycles. The van der Waals surface area contributed by atoms with E-state index in [1.807, 2.05) is 34.0 Å². The Kier molecular flexibility index (Phi) is 5.50. The van der Waals surface area contributed by atoms with Gasteiger partial charge in [0.05, 0.1) is 9.83 Å². The number of nitro benzene ring substituents is 1. The molecule has 29 heavy (non-hydrogen) atoms. The number of piperazine rings is 1. The van der Waals surface area contributed by atoms with Crippen LogP contribution in [0.1, 0.15) is 5.69 Å². The second-order valence-corrected chi connectivity index (χ2v) is 8.50. The first-order chi connectivity index (χ1) is 13.9. The number of carbonyl (C=O) groups is 1. The summed E-state index contributed by atoms with van der Waals surface area (Å²) < 4.78 is 2.42. The maximum absolute atomic E-state index is 13.0. The van der Waals surface area contributed by atoms with E-state index in [0.717, 1.165) is 37.6 Å². The predicted molar refractivity (Wildman–Crippen MR) is 117 cm³/mol. The van der Waals surface area contributed by atoms with Gasteiger partial charge in [0, 0.05) is 55.9 Å². The van der Waals surface area contributed by atoms with Crippen LogP contribution in [0.2, 0.25) is 0 Å². The van der Waals surface area contributed by atoms with Crippen molar-refractivity contribution in [3.8, 4) is 5.69 Å². The number of thioether (sulfide) groups is 1. The molecule has 2 aromatic rings. The van der Waals surface area contributed by atoms with E-state index in [9.17, 15) is 14.9 Å². The van der Waals surface area contributed by atoms with Gasteiger partial charge in [0.25, 0.3) is 11.6 Å². The predicted octanol–water partition coefficient (Wildman–Crippen LogP) is 2.75. The van der Waals surface area contributed by atoms with Crippen LogP contribution in [0.25, 0.3) is 11.8 Å². The van der Waals surface area contributed by atoms with Crippen LogP contribution < -0.4 is 0 Å². The number of aromatic nitrogens is 1. The summed E-state index contributed by atoms with van der Waals surface area (Å²) in [6.07, 6.45) is 3.67. The summed E-state index contributed by atoms with van der Waals surface area (Å²) in [5, 5.41) is 14.5. The lowest BCUT2D eigenvalue weighted by molar-refractivity contribution is -0.384. The van der Waals surface area contributed by atoms with Crippen molar-refractivity contribution in [2.24, 2.45) is 0 Å². The molecule has 0 N–H and O–H groups in total. The fourth-order valence-electron chi connectivity index (χ4n) is 3.32. The number of hydrogen-bond acceptors (Lipinski definition) is 7. The van der Waals surface area contributed by atoms with Gasteiger partial charge in [-0.05, 0) is 37.4 Å². The quantitative estimate of drug-likeness (QED) is 0.320.